The van der Waals surface area contributed by atoms with Crippen LogP contribution >= 0.6 is 0 Å². The Morgan fingerprint density at radius 1 is 0.872 bits per heavy atom. The van der Waals surface area contributed by atoms with Crippen molar-refractivity contribution in [2.24, 2.45) is 0 Å². The maximum Gasteiger partial charge on any atom is 0.165 e. The summed E-state index contributed by atoms with van der Waals surface area (Å²) in [5, 5.41) is 25.4. The molecule has 1 aliphatic carbocycles. The highest BCUT2D eigenvalue weighted by atomic mass is 28.3. The predicted octanol–water partition coefficient (Wildman–Crippen LogP) is 7.27. The van der Waals surface area contributed by atoms with Crippen molar-refractivity contribution in [2.45, 2.75) is 88.6 Å². The number of hydrogen-bond acceptors (Lipinski definition) is 8. The third-order valence-corrected chi connectivity index (χ3v) is 12.5. The molecule has 3 heterocycles. The number of hydrogen-bond donors (Lipinski definition) is 2. The van der Waals surface area contributed by atoms with Crippen LogP contribution in [0.5, 0.6) is 0 Å². The monoisotopic (exact) mass is 675 g/mol. The molecule has 0 spiro atoms. The number of fused-ring (bicyclic) bond motifs is 1. The first kappa shape index (κ1) is 35.4. The van der Waals surface area contributed by atoms with Crippen LogP contribution in [-0.2, 0) is 9.47 Å². The van der Waals surface area contributed by atoms with Gasteiger partial charge in [-0.25, -0.2) is 4.98 Å². The maximum atomic E-state index is 10.8. The van der Waals surface area contributed by atoms with Crippen molar-refractivity contribution in [1.29, 1.82) is 0 Å². The zero-order valence-corrected chi connectivity index (χ0v) is 31.1. The molecule has 0 amide bonds. The number of aromatic nitrogens is 4. The van der Waals surface area contributed by atoms with Crippen LogP contribution in [0.2, 0.25) is 51.4 Å². The fraction of sp³-hybridized carbons (Fsp3) is 0.528. The van der Waals surface area contributed by atoms with Crippen LogP contribution in [-0.4, -0.2) is 84.8 Å². The first-order chi connectivity index (χ1) is 22.3. The van der Waals surface area contributed by atoms with E-state index in [0.29, 0.717) is 39.5 Å². The molecule has 47 heavy (non-hydrogen) atoms. The van der Waals surface area contributed by atoms with Crippen molar-refractivity contribution in [3.8, 4) is 22.4 Å². The number of ether oxygens (including phenoxy) is 2. The van der Waals surface area contributed by atoms with Gasteiger partial charge in [-0.1, -0.05) is 75.7 Å². The molecular formula is C36H53N5O4Si2. The summed E-state index contributed by atoms with van der Waals surface area (Å²) in [5.74, 6) is 1.02. The summed E-state index contributed by atoms with van der Waals surface area (Å²) in [7, 11) is -2.51. The van der Waals surface area contributed by atoms with Crippen LogP contribution in [0, 0.1) is 0 Å². The Hall–Kier alpha value is -2.94. The second-order valence-corrected chi connectivity index (χ2v) is 26.8. The Kier molecular flexibility index (Phi) is 11.4. The molecule has 9 nitrogen and oxygen atoms in total. The van der Waals surface area contributed by atoms with Crippen LogP contribution in [0.3, 0.4) is 0 Å². The Labute approximate surface area is 282 Å². The zero-order chi connectivity index (χ0) is 33.7. The summed E-state index contributed by atoms with van der Waals surface area (Å²) in [4.78, 5) is 12.1. The summed E-state index contributed by atoms with van der Waals surface area (Å²) in [6.07, 6.45) is 6.34. The summed E-state index contributed by atoms with van der Waals surface area (Å²) >= 11 is 0. The lowest BCUT2D eigenvalue weighted by Gasteiger charge is -2.34. The van der Waals surface area contributed by atoms with Gasteiger partial charge in [0.25, 0.3) is 0 Å². The number of rotatable bonds is 15. The van der Waals surface area contributed by atoms with Gasteiger partial charge in [-0.3, -0.25) is 4.98 Å². The largest absolute Gasteiger partial charge is 0.393 e. The van der Waals surface area contributed by atoms with Crippen LogP contribution in [0.15, 0.2) is 60.9 Å². The minimum atomic E-state index is -1.25. The molecule has 1 fully saturated rings. The SMILES string of the molecule is C[Si](C)(C)CCOCN(COCC[Si](C)(C)C)c1cc([C@H]2CC[C@](O)(CO)CC2)nc2c(-c3ccc(-c4ccccc4)nc3)cnn12. The fourth-order valence-corrected chi connectivity index (χ4v) is 7.33. The molecule has 2 N–H and O–H groups in total. The van der Waals surface area contributed by atoms with Gasteiger partial charge in [0.05, 0.1) is 24.1 Å². The maximum absolute atomic E-state index is 10.8. The summed E-state index contributed by atoms with van der Waals surface area (Å²) < 4.78 is 14.5. The van der Waals surface area contributed by atoms with Crippen molar-refractivity contribution >= 4 is 27.6 Å². The molecule has 0 unspecified atom stereocenters. The van der Waals surface area contributed by atoms with Crippen molar-refractivity contribution in [3.63, 3.8) is 0 Å². The van der Waals surface area contributed by atoms with Crippen LogP contribution in [0.25, 0.3) is 28.0 Å². The molecule has 0 radical (unpaired) electrons. The Balaban J connectivity index is 1.51. The van der Waals surface area contributed by atoms with Gasteiger partial charge in [-0.15, -0.1) is 0 Å². The predicted molar refractivity (Wildman–Crippen MR) is 195 cm³/mol. The van der Waals surface area contributed by atoms with Crippen LogP contribution in [0.4, 0.5) is 5.82 Å². The van der Waals surface area contributed by atoms with Crippen LogP contribution in [0.1, 0.15) is 37.3 Å². The molecule has 5 rings (SSSR count). The van der Waals surface area contributed by atoms with E-state index in [1.807, 2.05) is 41.2 Å². The molecule has 1 saturated carbocycles. The molecule has 11 heteroatoms. The molecule has 254 valence electrons. The van der Waals surface area contributed by atoms with Crippen molar-refractivity contribution < 1.29 is 19.7 Å². The molecule has 3 aromatic heterocycles. The minimum absolute atomic E-state index is 0.148. The van der Waals surface area contributed by atoms with E-state index in [2.05, 4.69) is 68.4 Å². The molecule has 0 bridgehead atoms. The normalized spacial score (nSPS) is 18.9. The smallest absolute Gasteiger partial charge is 0.165 e. The van der Waals surface area contributed by atoms with Crippen molar-refractivity contribution in [1.82, 2.24) is 19.6 Å². The Morgan fingerprint density at radius 2 is 1.51 bits per heavy atom. The van der Waals surface area contributed by atoms with E-state index in [1.165, 1.54) is 0 Å². The first-order valence-corrected chi connectivity index (χ1v) is 24.4. The lowest BCUT2D eigenvalue weighted by Crippen LogP contribution is -2.37. The van der Waals surface area contributed by atoms with Gasteiger partial charge in [-0.2, -0.15) is 9.61 Å². The average Bonchev–Trinajstić information content (AvgIpc) is 3.48. The lowest BCUT2D eigenvalue weighted by molar-refractivity contribution is -0.0458. The van der Waals surface area contributed by atoms with Gasteiger partial charge in [0, 0.05) is 69.9 Å². The molecule has 0 saturated heterocycles. The van der Waals surface area contributed by atoms with Gasteiger partial charge >= 0.3 is 0 Å². The van der Waals surface area contributed by atoms with Gasteiger partial charge in [-0.05, 0) is 43.8 Å². The van der Waals surface area contributed by atoms with E-state index < -0.39 is 21.7 Å². The number of nitrogens with zero attached hydrogens (tertiary/aromatic N) is 5. The van der Waals surface area contributed by atoms with E-state index >= 15 is 0 Å². The molecule has 1 aliphatic rings. The summed E-state index contributed by atoms with van der Waals surface area (Å²) in [6, 6.07) is 18.6. The number of pyridine rings is 1. The summed E-state index contributed by atoms with van der Waals surface area (Å²) in [6.45, 7) is 16.1. The zero-order valence-electron chi connectivity index (χ0n) is 29.1. The van der Waals surface area contributed by atoms with Gasteiger partial charge < -0.3 is 24.6 Å². The second kappa shape index (κ2) is 15.1. The average molecular weight is 676 g/mol. The van der Waals surface area contributed by atoms with E-state index in [-0.39, 0.29) is 12.5 Å². The molecule has 4 aromatic rings. The standard InChI is InChI=1S/C36H53N5O4Si2/c1-46(2,3)20-18-44-26-40(27-45-19-21-47(4,5)6)34-22-33(29-14-16-36(43,25-42)17-15-29)39-35-31(24-38-41(34)35)30-12-13-32(37-23-30)28-10-8-7-9-11-28/h7-13,22-24,29,42-43H,14-21,25-27H2,1-6H3/t29-,36+. The summed E-state index contributed by atoms with van der Waals surface area (Å²) in [5.41, 5.74) is 4.52. The highest BCUT2D eigenvalue weighted by Crippen LogP contribution is 2.39. The molecular weight excluding hydrogens is 623 g/mol. The van der Waals surface area contributed by atoms with Crippen LogP contribution < -0.4 is 4.90 Å². The van der Waals surface area contributed by atoms with Gasteiger partial charge in [0.1, 0.15) is 19.3 Å². The topological polar surface area (TPSA) is 105 Å². The number of anilines is 1. The highest BCUT2D eigenvalue weighted by molar-refractivity contribution is 6.76. The molecule has 0 aliphatic heterocycles. The lowest BCUT2D eigenvalue weighted by atomic mass is 9.78. The Morgan fingerprint density at radius 3 is 2.06 bits per heavy atom. The Bertz CT molecular complexity index is 1560. The van der Waals surface area contributed by atoms with Gasteiger partial charge in [0.15, 0.2) is 5.65 Å². The molecule has 1 aromatic carbocycles. The van der Waals surface area contributed by atoms with Crippen molar-refractivity contribution in [2.75, 3.05) is 38.2 Å². The minimum Gasteiger partial charge on any atom is -0.393 e. The van der Waals surface area contributed by atoms with E-state index in [1.54, 1.807) is 0 Å². The molecule has 0 atom stereocenters. The highest BCUT2D eigenvalue weighted by Gasteiger charge is 2.34. The third-order valence-electron chi connectivity index (χ3n) is 9.06. The van der Waals surface area contributed by atoms with E-state index in [9.17, 15) is 10.2 Å². The first-order valence-electron chi connectivity index (χ1n) is 17.0. The quantitative estimate of drug-likeness (QED) is 0.0770. The number of benzene rings is 1. The third kappa shape index (κ3) is 9.58. The van der Waals surface area contributed by atoms with Crippen molar-refractivity contribution in [3.05, 3.63) is 66.6 Å². The number of aliphatic hydroxyl groups is 2. The number of aliphatic hydroxyl groups excluding tert-OH is 1. The van der Waals surface area contributed by atoms with Gasteiger partial charge in [0.2, 0.25) is 0 Å². The second-order valence-electron chi connectivity index (χ2n) is 15.5. The van der Waals surface area contributed by atoms with E-state index in [4.69, 9.17) is 24.5 Å². The van der Waals surface area contributed by atoms with E-state index in [0.717, 1.165) is 64.5 Å². The fourth-order valence-electron chi connectivity index (χ4n) is 5.82.